The maximum absolute atomic E-state index is 3.60. The van der Waals surface area contributed by atoms with E-state index >= 15 is 0 Å². The molecular weight excluding hydrogens is 160 g/mol. The van der Waals surface area contributed by atoms with Crippen LogP contribution in [0.4, 0.5) is 0 Å². The molecule has 1 aliphatic carbocycles. The minimum Gasteiger partial charge on any atom is -0.311 e. The zero-order valence-corrected chi connectivity index (χ0v) is 9.09. The van der Waals surface area contributed by atoms with Crippen LogP contribution in [-0.4, -0.2) is 36.6 Å². The Morgan fingerprint density at radius 1 is 1.38 bits per heavy atom. The second-order valence-electron chi connectivity index (χ2n) is 5.08. The highest BCUT2D eigenvalue weighted by Crippen LogP contribution is 2.35. The van der Waals surface area contributed by atoms with Crippen molar-refractivity contribution < 1.29 is 0 Å². The highest BCUT2D eigenvalue weighted by molar-refractivity contribution is 4.95. The molecule has 1 aliphatic heterocycles. The summed E-state index contributed by atoms with van der Waals surface area (Å²) >= 11 is 0. The second-order valence-corrected chi connectivity index (χ2v) is 5.08. The van der Waals surface area contributed by atoms with Gasteiger partial charge in [0, 0.05) is 31.7 Å². The van der Waals surface area contributed by atoms with E-state index in [0.717, 1.165) is 23.9 Å². The Morgan fingerprint density at radius 2 is 2.08 bits per heavy atom. The van der Waals surface area contributed by atoms with Crippen LogP contribution in [0.2, 0.25) is 0 Å². The predicted octanol–water partition coefficient (Wildman–Crippen LogP) is 1.32. The van der Waals surface area contributed by atoms with Crippen LogP contribution in [0.3, 0.4) is 0 Å². The molecule has 3 atom stereocenters. The molecular formula is C11H22N2. The van der Waals surface area contributed by atoms with Crippen molar-refractivity contribution in [1.82, 2.24) is 10.2 Å². The average Bonchev–Trinajstić information content (AvgIpc) is 2.83. The molecule has 0 bridgehead atoms. The van der Waals surface area contributed by atoms with Gasteiger partial charge in [-0.1, -0.05) is 20.8 Å². The van der Waals surface area contributed by atoms with Gasteiger partial charge in [0.15, 0.2) is 0 Å². The van der Waals surface area contributed by atoms with Gasteiger partial charge in [0.2, 0.25) is 0 Å². The molecule has 1 N–H and O–H groups in total. The first-order valence-corrected chi connectivity index (χ1v) is 5.66. The second kappa shape index (κ2) is 3.58. The summed E-state index contributed by atoms with van der Waals surface area (Å²) < 4.78 is 0. The summed E-state index contributed by atoms with van der Waals surface area (Å²) in [4.78, 5) is 2.69. The van der Waals surface area contributed by atoms with Crippen molar-refractivity contribution in [2.75, 3.05) is 19.6 Å². The largest absolute Gasteiger partial charge is 0.311 e. The van der Waals surface area contributed by atoms with Crippen molar-refractivity contribution >= 4 is 0 Å². The summed E-state index contributed by atoms with van der Waals surface area (Å²) in [5.41, 5.74) is 0. The molecule has 0 aromatic carbocycles. The van der Waals surface area contributed by atoms with Crippen molar-refractivity contribution in [3.63, 3.8) is 0 Å². The van der Waals surface area contributed by atoms with Crippen LogP contribution in [-0.2, 0) is 0 Å². The van der Waals surface area contributed by atoms with Crippen LogP contribution < -0.4 is 5.32 Å². The lowest BCUT2D eigenvalue weighted by Gasteiger charge is -2.36. The van der Waals surface area contributed by atoms with Crippen molar-refractivity contribution in [2.45, 2.75) is 39.3 Å². The molecule has 13 heavy (non-hydrogen) atoms. The van der Waals surface area contributed by atoms with Gasteiger partial charge < -0.3 is 5.32 Å². The first-order chi connectivity index (χ1) is 6.18. The Labute approximate surface area is 81.7 Å². The van der Waals surface area contributed by atoms with Gasteiger partial charge in [0.25, 0.3) is 0 Å². The molecule has 1 saturated heterocycles. The molecule has 2 nitrogen and oxygen atoms in total. The topological polar surface area (TPSA) is 15.3 Å². The number of hydrogen-bond acceptors (Lipinski definition) is 2. The lowest BCUT2D eigenvalue weighted by molar-refractivity contribution is 0.162. The summed E-state index contributed by atoms with van der Waals surface area (Å²) in [6.07, 6.45) is 1.44. The van der Waals surface area contributed by atoms with Crippen molar-refractivity contribution in [3.8, 4) is 0 Å². The van der Waals surface area contributed by atoms with E-state index in [1.165, 1.54) is 26.1 Å². The quantitative estimate of drug-likeness (QED) is 0.693. The number of nitrogens with zero attached hydrogens (tertiary/aromatic N) is 1. The minimum absolute atomic E-state index is 0.724. The molecule has 1 heterocycles. The highest BCUT2D eigenvalue weighted by Gasteiger charge is 2.39. The molecule has 2 rings (SSSR count). The van der Waals surface area contributed by atoms with Crippen LogP contribution in [0.25, 0.3) is 0 Å². The lowest BCUT2D eigenvalue weighted by Crippen LogP contribution is -2.53. The van der Waals surface area contributed by atoms with E-state index in [1.807, 2.05) is 0 Å². The van der Waals surface area contributed by atoms with Gasteiger partial charge in [-0.3, -0.25) is 4.90 Å². The van der Waals surface area contributed by atoms with Gasteiger partial charge in [-0.05, 0) is 18.3 Å². The number of piperazine rings is 1. The smallest absolute Gasteiger partial charge is 0.0218 e. The monoisotopic (exact) mass is 182 g/mol. The Kier molecular flexibility index (Phi) is 2.61. The third kappa shape index (κ3) is 2.05. The molecule has 2 heteroatoms. The molecule has 0 aromatic heterocycles. The van der Waals surface area contributed by atoms with Crippen molar-refractivity contribution in [2.24, 2.45) is 11.8 Å². The first-order valence-electron chi connectivity index (χ1n) is 5.66. The molecule has 0 aromatic rings. The number of hydrogen-bond donors (Lipinski definition) is 1. The molecule has 0 amide bonds. The fraction of sp³-hybridized carbons (Fsp3) is 1.00. The van der Waals surface area contributed by atoms with E-state index in [0.29, 0.717) is 0 Å². The molecule has 2 aliphatic rings. The third-order valence-electron chi connectivity index (χ3n) is 3.58. The van der Waals surface area contributed by atoms with Gasteiger partial charge >= 0.3 is 0 Å². The zero-order chi connectivity index (χ0) is 9.42. The Morgan fingerprint density at radius 3 is 2.62 bits per heavy atom. The van der Waals surface area contributed by atoms with Crippen LogP contribution in [0.1, 0.15) is 27.2 Å². The summed E-state index contributed by atoms with van der Waals surface area (Å²) in [6, 6.07) is 1.64. The molecule has 76 valence electrons. The summed E-state index contributed by atoms with van der Waals surface area (Å²) in [5.74, 6) is 1.74. The molecule has 0 radical (unpaired) electrons. The fourth-order valence-corrected chi connectivity index (χ4v) is 2.36. The van der Waals surface area contributed by atoms with Crippen LogP contribution >= 0.6 is 0 Å². The Hall–Kier alpha value is -0.0800. The number of nitrogens with one attached hydrogen (secondary N) is 1. The Balaban J connectivity index is 1.85. The minimum atomic E-state index is 0.724. The normalized spacial score (nSPS) is 41.1. The van der Waals surface area contributed by atoms with Gasteiger partial charge in [-0.25, -0.2) is 0 Å². The van der Waals surface area contributed by atoms with Gasteiger partial charge in [0.05, 0.1) is 0 Å². The van der Waals surface area contributed by atoms with E-state index in [2.05, 4.69) is 31.0 Å². The zero-order valence-electron chi connectivity index (χ0n) is 9.09. The van der Waals surface area contributed by atoms with E-state index in [4.69, 9.17) is 0 Å². The maximum atomic E-state index is 3.60. The summed E-state index contributed by atoms with van der Waals surface area (Å²) in [7, 11) is 0. The van der Waals surface area contributed by atoms with E-state index < -0.39 is 0 Å². The van der Waals surface area contributed by atoms with E-state index in [-0.39, 0.29) is 0 Å². The SMILES string of the molecule is CC(C)C1CN(C2CC2C)CCN1. The van der Waals surface area contributed by atoms with E-state index in [1.54, 1.807) is 0 Å². The Bertz CT molecular complexity index is 179. The first kappa shape index (κ1) is 9.47. The lowest BCUT2D eigenvalue weighted by atomic mass is 10.0. The molecule has 1 saturated carbocycles. The van der Waals surface area contributed by atoms with E-state index in [9.17, 15) is 0 Å². The third-order valence-corrected chi connectivity index (χ3v) is 3.58. The predicted molar refractivity (Wildman–Crippen MR) is 55.8 cm³/mol. The van der Waals surface area contributed by atoms with Crippen molar-refractivity contribution in [1.29, 1.82) is 0 Å². The van der Waals surface area contributed by atoms with Crippen molar-refractivity contribution in [3.05, 3.63) is 0 Å². The fourth-order valence-electron chi connectivity index (χ4n) is 2.36. The standard InChI is InChI=1S/C11H22N2/c1-8(2)10-7-13(5-4-12-10)11-6-9(11)3/h8-12H,4-7H2,1-3H3. The van der Waals surface area contributed by atoms with Crippen LogP contribution in [0.5, 0.6) is 0 Å². The summed E-state index contributed by atoms with van der Waals surface area (Å²) in [6.45, 7) is 10.7. The molecule has 2 fully saturated rings. The van der Waals surface area contributed by atoms with Gasteiger partial charge in [-0.2, -0.15) is 0 Å². The van der Waals surface area contributed by atoms with Gasteiger partial charge in [0.1, 0.15) is 0 Å². The summed E-state index contributed by atoms with van der Waals surface area (Å²) in [5, 5.41) is 3.60. The van der Waals surface area contributed by atoms with Gasteiger partial charge in [-0.15, -0.1) is 0 Å². The highest BCUT2D eigenvalue weighted by atomic mass is 15.2. The number of rotatable bonds is 2. The van der Waals surface area contributed by atoms with Crippen LogP contribution in [0.15, 0.2) is 0 Å². The average molecular weight is 182 g/mol. The van der Waals surface area contributed by atoms with Crippen LogP contribution in [0, 0.1) is 11.8 Å². The molecule has 3 unspecified atom stereocenters. The maximum Gasteiger partial charge on any atom is 0.0218 e. The molecule has 0 spiro atoms.